The van der Waals surface area contributed by atoms with Gasteiger partial charge >= 0.3 is 0 Å². The van der Waals surface area contributed by atoms with Gasteiger partial charge in [-0.2, -0.15) is 0 Å². The highest BCUT2D eigenvalue weighted by Crippen LogP contribution is 2.43. The number of fused-ring (bicyclic) bond motifs is 2. The fraction of sp³-hybridized carbons (Fsp3) is 0.143. The summed E-state index contributed by atoms with van der Waals surface area (Å²) in [5, 5.41) is 10.8. The van der Waals surface area contributed by atoms with E-state index in [1.54, 1.807) is 30.3 Å². The van der Waals surface area contributed by atoms with Crippen molar-refractivity contribution >= 4 is 68.1 Å². The van der Waals surface area contributed by atoms with Crippen LogP contribution in [0.25, 0.3) is 11.0 Å². The highest BCUT2D eigenvalue weighted by Gasteiger charge is 2.45. The first-order valence-electron chi connectivity index (χ1n) is 9.26. The first kappa shape index (κ1) is 20.5. The Morgan fingerprint density at radius 2 is 1.87 bits per heavy atom. The number of nitrogens with zero attached hydrogens (tertiary/aromatic N) is 3. The number of hydrogen-bond donors (Lipinski definition) is 0. The van der Waals surface area contributed by atoms with Gasteiger partial charge in [0.1, 0.15) is 10.6 Å². The van der Waals surface area contributed by atoms with Gasteiger partial charge in [-0.05, 0) is 42.3 Å². The van der Waals surface area contributed by atoms with Crippen molar-refractivity contribution in [2.75, 3.05) is 4.90 Å². The SMILES string of the molecule is CCc1nnc(N2C(=O)c3oc4ccc(Cl)cc4c(=O)c3C2c2ccc(Cl)c(Cl)c2)s1. The van der Waals surface area contributed by atoms with Gasteiger partial charge in [-0.15, -0.1) is 10.2 Å². The fourth-order valence-corrected chi connectivity index (χ4v) is 4.91. The molecule has 5 rings (SSSR count). The Morgan fingerprint density at radius 3 is 2.58 bits per heavy atom. The molecule has 10 heteroatoms. The molecule has 4 aromatic rings. The summed E-state index contributed by atoms with van der Waals surface area (Å²) in [7, 11) is 0. The smallest absolute Gasteiger partial charge is 0.297 e. The van der Waals surface area contributed by atoms with E-state index in [1.165, 1.54) is 22.3 Å². The molecule has 1 amide bonds. The molecule has 0 fully saturated rings. The molecular weight excluding hydrogens is 481 g/mol. The molecule has 0 radical (unpaired) electrons. The summed E-state index contributed by atoms with van der Waals surface area (Å²) in [6.45, 7) is 1.95. The van der Waals surface area contributed by atoms with Crippen molar-refractivity contribution in [2.24, 2.45) is 0 Å². The lowest BCUT2D eigenvalue weighted by Crippen LogP contribution is -2.29. The topological polar surface area (TPSA) is 76.3 Å². The van der Waals surface area contributed by atoms with E-state index in [0.717, 1.165) is 5.01 Å². The number of aromatic nitrogens is 2. The van der Waals surface area contributed by atoms with Crippen molar-refractivity contribution in [1.82, 2.24) is 10.2 Å². The minimum Gasteiger partial charge on any atom is -0.450 e. The van der Waals surface area contributed by atoms with Gasteiger partial charge in [0.2, 0.25) is 10.9 Å². The Bertz CT molecular complexity index is 1430. The fourth-order valence-electron chi connectivity index (χ4n) is 3.63. The predicted octanol–water partition coefficient (Wildman–Crippen LogP) is 5.92. The lowest BCUT2D eigenvalue weighted by Gasteiger charge is -2.22. The monoisotopic (exact) mass is 491 g/mol. The summed E-state index contributed by atoms with van der Waals surface area (Å²) in [6.07, 6.45) is 0.670. The summed E-state index contributed by atoms with van der Waals surface area (Å²) in [4.78, 5) is 28.4. The van der Waals surface area contributed by atoms with Crippen LogP contribution >= 0.6 is 46.1 Å². The van der Waals surface area contributed by atoms with Crippen LogP contribution in [0, 0.1) is 0 Å². The minimum absolute atomic E-state index is 0.0378. The molecule has 1 unspecified atom stereocenters. The number of hydrogen-bond acceptors (Lipinski definition) is 6. The summed E-state index contributed by atoms with van der Waals surface area (Å²) >= 11 is 19.7. The van der Waals surface area contributed by atoms with E-state index in [4.69, 9.17) is 39.2 Å². The van der Waals surface area contributed by atoms with E-state index < -0.39 is 11.9 Å². The lowest BCUT2D eigenvalue weighted by atomic mass is 9.99. The van der Waals surface area contributed by atoms with Gasteiger partial charge in [0.25, 0.3) is 5.91 Å². The van der Waals surface area contributed by atoms with Crippen molar-refractivity contribution in [2.45, 2.75) is 19.4 Å². The van der Waals surface area contributed by atoms with E-state index >= 15 is 0 Å². The standard InChI is InChI=1S/C21H12Cl3N3O3S/c1-2-15-25-26-21(31-15)27-17(9-3-5-12(23)13(24)7-9)16-18(28)11-8-10(22)4-6-14(11)30-19(16)20(27)29/h3-8,17H,2H2,1H3. The molecule has 0 saturated heterocycles. The van der Waals surface area contributed by atoms with Crippen LogP contribution in [0.4, 0.5) is 5.13 Å². The van der Waals surface area contributed by atoms with Crippen molar-refractivity contribution < 1.29 is 9.21 Å². The number of amides is 1. The van der Waals surface area contributed by atoms with Crippen molar-refractivity contribution in [3.05, 3.63) is 83.6 Å². The zero-order chi connectivity index (χ0) is 21.9. The summed E-state index contributed by atoms with van der Waals surface area (Å²) < 4.78 is 5.89. The van der Waals surface area contributed by atoms with Crippen LogP contribution in [0.1, 0.15) is 39.7 Å². The largest absolute Gasteiger partial charge is 0.450 e. The number of rotatable bonds is 3. The first-order valence-corrected chi connectivity index (χ1v) is 11.2. The Labute approximate surface area is 195 Å². The van der Waals surface area contributed by atoms with E-state index in [1.807, 2.05) is 6.92 Å². The third kappa shape index (κ3) is 3.24. The Hall–Kier alpha value is -2.45. The number of aryl methyl sites for hydroxylation is 1. The quantitative estimate of drug-likeness (QED) is 0.355. The van der Waals surface area contributed by atoms with Crippen LogP contribution in [0.2, 0.25) is 15.1 Å². The second kappa shape index (κ2) is 7.60. The number of anilines is 1. The van der Waals surface area contributed by atoms with Crippen molar-refractivity contribution in [3.8, 4) is 0 Å². The average Bonchev–Trinajstić information content (AvgIpc) is 3.33. The van der Waals surface area contributed by atoms with Crippen LogP contribution in [0.3, 0.4) is 0 Å². The molecular formula is C21H12Cl3N3O3S. The van der Waals surface area contributed by atoms with Crippen molar-refractivity contribution in [1.29, 1.82) is 0 Å². The van der Waals surface area contributed by atoms with Crippen LogP contribution in [0.5, 0.6) is 0 Å². The maximum atomic E-state index is 13.5. The number of benzene rings is 2. The van der Waals surface area contributed by atoms with Gasteiger partial charge in [0.15, 0.2) is 5.43 Å². The van der Waals surface area contributed by atoms with Crippen LogP contribution in [-0.2, 0) is 6.42 Å². The molecule has 0 saturated carbocycles. The third-order valence-corrected chi connectivity index (χ3v) is 7.10. The van der Waals surface area contributed by atoms with Crippen molar-refractivity contribution in [3.63, 3.8) is 0 Å². The maximum absolute atomic E-state index is 13.5. The predicted molar refractivity (Wildman–Crippen MR) is 122 cm³/mol. The molecule has 0 bridgehead atoms. The Balaban J connectivity index is 1.81. The molecule has 0 N–H and O–H groups in total. The third-order valence-electron chi connectivity index (χ3n) is 5.06. The second-order valence-electron chi connectivity index (χ2n) is 6.90. The molecule has 6 nitrogen and oxygen atoms in total. The Kier molecular flexibility index (Phi) is 5.01. The number of carbonyl (C=O) groups is 1. The number of halogens is 3. The zero-order valence-electron chi connectivity index (χ0n) is 15.9. The van der Waals surface area contributed by atoms with E-state index in [2.05, 4.69) is 10.2 Å². The molecule has 1 aliphatic heterocycles. The van der Waals surface area contributed by atoms with Crippen LogP contribution in [-0.4, -0.2) is 16.1 Å². The highest BCUT2D eigenvalue weighted by molar-refractivity contribution is 7.15. The van der Waals surface area contributed by atoms with Gasteiger partial charge in [-0.25, -0.2) is 0 Å². The van der Waals surface area contributed by atoms with E-state index in [-0.39, 0.29) is 27.7 Å². The van der Waals surface area contributed by atoms with Crippen LogP contribution in [0.15, 0.2) is 45.6 Å². The van der Waals surface area contributed by atoms with Gasteiger partial charge < -0.3 is 4.42 Å². The summed E-state index contributed by atoms with van der Waals surface area (Å²) in [5.74, 6) is -0.511. The molecule has 3 heterocycles. The Morgan fingerprint density at radius 1 is 1.06 bits per heavy atom. The number of carbonyl (C=O) groups excluding carboxylic acids is 1. The van der Waals surface area contributed by atoms with Gasteiger partial charge in [-0.3, -0.25) is 14.5 Å². The normalized spacial score (nSPS) is 15.7. The molecule has 1 aliphatic rings. The molecule has 0 aliphatic carbocycles. The maximum Gasteiger partial charge on any atom is 0.297 e. The molecule has 0 spiro atoms. The average molecular weight is 493 g/mol. The molecule has 1 atom stereocenters. The van der Waals surface area contributed by atoms with E-state index in [0.29, 0.717) is 32.2 Å². The van der Waals surface area contributed by atoms with Gasteiger partial charge in [0.05, 0.1) is 27.0 Å². The second-order valence-corrected chi connectivity index (χ2v) is 9.19. The summed E-state index contributed by atoms with van der Waals surface area (Å²) in [5.41, 5.74) is 0.739. The van der Waals surface area contributed by atoms with Gasteiger partial charge in [-0.1, -0.05) is 59.1 Å². The van der Waals surface area contributed by atoms with Gasteiger partial charge in [0, 0.05) is 5.02 Å². The minimum atomic E-state index is -0.797. The van der Waals surface area contributed by atoms with Crippen LogP contribution < -0.4 is 10.3 Å². The highest BCUT2D eigenvalue weighted by atomic mass is 35.5. The molecule has 2 aromatic heterocycles. The van der Waals surface area contributed by atoms with E-state index in [9.17, 15) is 9.59 Å². The molecule has 156 valence electrons. The molecule has 2 aromatic carbocycles. The first-order chi connectivity index (χ1) is 14.9. The molecule has 31 heavy (non-hydrogen) atoms. The zero-order valence-corrected chi connectivity index (χ0v) is 18.9. The lowest BCUT2D eigenvalue weighted by molar-refractivity contribution is 0.0970. The summed E-state index contributed by atoms with van der Waals surface area (Å²) in [6, 6.07) is 8.88.